The van der Waals surface area contributed by atoms with Crippen LogP contribution in [-0.4, -0.2) is 31.5 Å². The van der Waals surface area contributed by atoms with Crippen LogP contribution in [0, 0.1) is 5.92 Å². The first-order valence-electron chi connectivity index (χ1n) is 9.22. The van der Waals surface area contributed by atoms with E-state index >= 15 is 0 Å². The molecular weight excluding hydrogens is 411 g/mol. The van der Waals surface area contributed by atoms with Crippen molar-refractivity contribution in [2.45, 2.75) is 32.9 Å². The van der Waals surface area contributed by atoms with Gasteiger partial charge in [-0.3, -0.25) is 9.36 Å². The monoisotopic (exact) mass is 432 g/mol. The van der Waals surface area contributed by atoms with Gasteiger partial charge in [-0.2, -0.15) is 4.98 Å². The Morgan fingerprint density at radius 1 is 1.17 bits per heavy atom. The number of aromatic nitrogens is 4. The predicted molar refractivity (Wildman–Crippen MR) is 114 cm³/mol. The molecule has 0 radical (unpaired) electrons. The summed E-state index contributed by atoms with van der Waals surface area (Å²) in [5.41, 5.74) is 0.965. The van der Waals surface area contributed by atoms with Gasteiger partial charge in [0.25, 0.3) is 0 Å². The van der Waals surface area contributed by atoms with E-state index in [1.165, 1.54) is 0 Å². The van der Waals surface area contributed by atoms with Crippen LogP contribution in [0.1, 0.15) is 25.8 Å². The number of amides is 1. The number of benzene rings is 1. The van der Waals surface area contributed by atoms with Crippen LogP contribution >= 0.6 is 23.2 Å². The Balaban J connectivity index is 1.73. The van der Waals surface area contributed by atoms with Crippen LogP contribution in [0.5, 0.6) is 0 Å². The Kier molecular flexibility index (Phi) is 7.06. The molecule has 1 amide bonds. The third-order valence-corrected chi connectivity index (χ3v) is 4.60. The molecule has 0 fully saturated rings. The number of hydrogen-bond donors (Lipinski definition) is 2. The highest BCUT2D eigenvalue weighted by Gasteiger charge is 2.21. The topological polar surface area (TPSA) is 84.7 Å². The number of nitrogens with zero attached hydrogens (tertiary/aromatic N) is 4. The number of imidazole rings is 1. The molecule has 0 saturated heterocycles. The Bertz CT molecular complexity index is 944. The van der Waals surface area contributed by atoms with Crippen molar-refractivity contribution >= 4 is 35.1 Å². The molecule has 1 atom stereocenters. The van der Waals surface area contributed by atoms with E-state index in [1.807, 2.05) is 12.1 Å². The Labute approximate surface area is 179 Å². The molecule has 7 nitrogen and oxygen atoms in total. The van der Waals surface area contributed by atoms with Crippen molar-refractivity contribution in [1.29, 1.82) is 0 Å². The van der Waals surface area contributed by atoms with Crippen LogP contribution in [0.4, 0.5) is 5.95 Å². The van der Waals surface area contributed by atoms with Crippen LogP contribution in [0.2, 0.25) is 10.2 Å². The van der Waals surface area contributed by atoms with Gasteiger partial charge in [0.05, 0.1) is 0 Å². The summed E-state index contributed by atoms with van der Waals surface area (Å²) >= 11 is 12.1. The Morgan fingerprint density at radius 3 is 2.59 bits per heavy atom. The van der Waals surface area contributed by atoms with Crippen LogP contribution in [0.3, 0.4) is 0 Å². The fourth-order valence-electron chi connectivity index (χ4n) is 2.77. The SMILES string of the molecule is CC(C)CC(Nc1nc(Cl)cc(-n2ccnc2)n1)C(=O)NCc1ccc(Cl)cc1. The van der Waals surface area contributed by atoms with Gasteiger partial charge in [0.2, 0.25) is 11.9 Å². The van der Waals surface area contributed by atoms with Gasteiger partial charge < -0.3 is 10.6 Å². The van der Waals surface area contributed by atoms with Gasteiger partial charge in [-0.25, -0.2) is 9.97 Å². The summed E-state index contributed by atoms with van der Waals surface area (Å²) < 4.78 is 1.72. The molecule has 2 aromatic heterocycles. The van der Waals surface area contributed by atoms with Crippen molar-refractivity contribution in [3.05, 3.63) is 64.8 Å². The zero-order valence-electron chi connectivity index (χ0n) is 16.1. The van der Waals surface area contributed by atoms with Gasteiger partial charge in [-0.05, 0) is 30.0 Å². The maximum absolute atomic E-state index is 12.8. The van der Waals surface area contributed by atoms with Gasteiger partial charge in [-0.15, -0.1) is 0 Å². The van der Waals surface area contributed by atoms with E-state index in [4.69, 9.17) is 23.2 Å². The minimum absolute atomic E-state index is 0.138. The van der Waals surface area contributed by atoms with E-state index in [2.05, 4.69) is 39.4 Å². The molecule has 0 aliphatic carbocycles. The summed E-state index contributed by atoms with van der Waals surface area (Å²) in [6.07, 6.45) is 5.64. The minimum Gasteiger partial charge on any atom is -0.350 e. The molecule has 29 heavy (non-hydrogen) atoms. The maximum Gasteiger partial charge on any atom is 0.242 e. The lowest BCUT2D eigenvalue weighted by Crippen LogP contribution is -2.40. The summed E-state index contributed by atoms with van der Waals surface area (Å²) in [5.74, 6) is 1.01. The van der Waals surface area contributed by atoms with Gasteiger partial charge >= 0.3 is 0 Å². The zero-order chi connectivity index (χ0) is 20.8. The third kappa shape index (κ3) is 6.17. The second-order valence-corrected chi connectivity index (χ2v) is 7.84. The molecule has 0 aliphatic heterocycles. The average molecular weight is 433 g/mol. The van der Waals surface area contributed by atoms with Crippen molar-refractivity contribution < 1.29 is 4.79 Å². The molecule has 0 aliphatic rings. The molecule has 2 heterocycles. The number of carbonyl (C=O) groups excluding carboxylic acids is 1. The Morgan fingerprint density at radius 2 is 1.93 bits per heavy atom. The van der Waals surface area contributed by atoms with E-state index < -0.39 is 6.04 Å². The van der Waals surface area contributed by atoms with Crippen molar-refractivity contribution in [2.24, 2.45) is 5.92 Å². The lowest BCUT2D eigenvalue weighted by molar-refractivity contribution is -0.122. The zero-order valence-corrected chi connectivity index (χ0v) is 17.7. The summed E-state index contributed by atoms with van der Waals surface area (Å²) in [6.45, 7) is 4.51. The molecule has 1 aromatic carbocycles. The van der Waals surface area contributed by atoms with E-state index in [0.717, 1.165) is 5.56 Å². The highest BCUT2D eigenvalue weighted by Crippen LogP contribution is 2.17. The van der Waals surface area contributed by atoms with Gasteiger partial charge in [0.15, 0.2) is 0 Å². The number of nitrogens with one attached hydrogen (secondary N) is 2. The normalized spacial score (nSPS) is 12.0. The first kappa shape index (κ1) is 21.1. The fraction of sp³-hybridized carbons (Fsp3) is 0.300. The second kappa shape index (κ2) is 9.71. The maximum atomic E-state index is 12.8. The summed E-state index contributed by atoms with van der Waals surface area (Å²) in [4.78, 5) is 25.5. The second-order valence-electron chi connectivity index (χ2n) is 7.01. The van der Waals surface area contributed by atoms with Crippen LogP contribution in [0.25, 0.3) is 5.82 Å². The van der Waals surface area contributed by atoms with Crippen molar-refractivity contribution in [1.82, 2.24) is 24.8 Å². The van der Waals surface area contributed by atoms with Gasteiger partial charge in [0.1, 0.15) is 23.3 Å². The van der Waals surface area contributed by atoms with Gasteiger partial charge in [0, 0.05) is 30.0 Å². The number of halogens is 2. The fourth-order valence-corrected chi connectivity index (χ4v) is 3.07. The van der Waals surface area contributed by atoms with Crippen LogP contribution in [0.15, 0.2) is 49.1 Å². The van der Waals surface area contributed by atoms with E-state index in [9.17, 15) is 4.79 Å². The van der Waals surface area contributed by atoms with Crippen molar-refractivity contribution in [3.63, 3.8) is 0 Å². The number of rotatable bonds is 8. The first-order chi connectivity index (χ1) is 13.9. The standard InChI is InChI=1S/C20H22Cl2N6O/c1-13(2)9-16(19(29)24-11-14-3-5-15(21)6-4-14)25-20-26-17(22)10-18(27-20)28-8-7-23-12-28/h3-8,10,12-13,16H,9,11H2,1-2H3,(H,24,29)(H,25,26,27). The molecule has 0 bridgehead atoms. The lowest BCUT2D eigenvalue weighted by Gasteiger charge is -2.20. The third-order valence-electron chi connectivity index (χ3n) is 4.16. The molecule has 152 valence electrons. The summed E-state index contributed by atoms with van der Waals surface area (Å²) in [5, 5.41) is 7.01. The number of carbonyl (C=O) groups is 1. The Hall–Kier alpha value is -2.64. The van der Waals surface area contributed by atoms with E-state index in [-0.39, 0.29) is 17.0 Å². The largest absolute Gasteiger partial charge is 0.350 e. The molecule has 9 heteroatoms. The molecule has 1 unspecified atom stereocenters. The number of anilines is 1. The number of hydrogen-bond acceptors (Lipinski definition) is 5. The molecule has 2 N–H and O–H groups in total. The quantitative estimate of drug-likeness (QED) is 0.523. The van der Waals surface area contributed by atoms with E-state index in [0.29, 0.717) is 29.7 Å². The summed E-state index contributed by atoms with van der Waals surface area (Å²) in [6, 6.07) is 8.48. The van der Waals surface area contributed by atoms with Crippen molar-refractivity contribution in [3.8, 4) is 5.82 Å². The molecule has 0 saturated carbocycles. The molecule has 3 rings (SSSR count). The van der Waals surface area contributed by atoms with Gasteiger partial charge in [-0.1, -0.05) is 49.2 Å². The van der Waals surface area contributed by atoms with Crippen molar-refractivity contribution in [2.75, 3.05) is 5.32 Å². The lowest BCUT2D eigenvalue weighted by atomic mass is 10.0. The minimum atomic E-state index is -0.503. The molecule has 0 spiro atoms. The van der Waals surface area contributed by atoms with Crippen LogP contribution < -0.4 is 10.6 Å². The van der Waals surface area contributed by atoms with E-state index in [1.54, 1.807) is 41.5 Å². The highest BCUT2D eigenvalue weighted by molar-refractivity contribution is 6.30. The average Bonchev–Trinajstić information content (AvgIpc) is 3.21. The smallest absolute Gasteiger partial charge is 0.242 e. The molecule has 3 aromatic rings. The molecular formula is C20H22Cl2N6O. The summed E-state index contributed by atoms with van der Waals surface area (Å²) in [7, 11) is 0. The first-order valence-corrected chi connectivity index (χ1v) is 9.98. The predicted octanol–water partition coefficient (Wildman–Crippen LogP) is 4.11. The van der Waals surface area contributed by atoms with Crippen LogP contribution in [-0.2, 0) is 11.3 Å². The highest BCUT2D eigenvalue weighted by atomic mass is 35.5.